The van der Waals surface area contributed by atoms with Crippen molar-refractivity contribution in [1.29, 1.82) is 0 Å². The normalized spacial score (nSPS) is 11.3. The molecule has 0 saturated heterocycles. The van der Waals surface area contributed by atoms with E-state index in [0.717, 1.165) is 0 Å². The molecule has 0 spiro atoms. The van der Waals surface area contributed by atoms with E-state index in [2.05, 4.69) is 5.32 Å². The summed E-state index contributed by atoms with van der Waals surface area (Å²) in [6.45, 7) is 0.367. The lowest BCUT2D eigenvalue weighted by atomic mass is 10.0. The quantitative estimate of drug-likeness (QED) is 0.482. The number of carboxylic acid groups (broad SMARTS) is 1. The van der Waals surface area contributed by atoms with Crippen LogP contribution in [0, 0.1) is 6.92 Å². The summed E-state index contributed by atoms with van der Waals surface area (Å²) < 4.78 is 0. The second-order valence-electron chi connectivity index (χ2n) is 4.21. The van der Waals surface area contributed by atoms with Crippen LogP contribution < -0.4 is 5.32 Å². The number of aryl methyl sites for hydroxylation is 1. The van der Waals surface area contributed by atoms with E-state index in [1.165, 1.54) is 18.2 Å². The number of anilines is 1. The Kier molecular flexibility index (Phi) is 4.66. The second kappa shape index (κ2) is 5.81. The molecule has 0 fully saturated rings. The predicted octanol–water partition coefficient (Wildman–Crippen LogP) is -0.179. The first-order valence-electron chi connectivity index (χ1n) is 5.43. The van der Waals surface area contributed by atoms with Crippen LogP contribution in [-0.2, 0) is 0 Å². The molecule has 1 aromatic rings. The molecule has 0 atom stereocenters. The minimum atomic E-state index is -1.23. The second-order valence-corrected chi connectivity index (χ2v) is 4.21. The smallest absolute Gasteiger partial charge is 0.335 e. The lowest BCUT2D eigenvalue weighted by Gasteiger charge is -2.30. The first-order chi connectivity index (χ1) is 8.48. The average molecular weight is 255 g/mol. The molecule has 6 nitrogen and oxygen atoms in total. The molecule has 0 aliphatic heterocycles. The lowest BCUT2D eigenvalue weighted by Crippen LogP contribution is -2.49. The van der Waals surface area contributed by atoms with Crippen molar-refractivity contribution in [2.24, 2.45) is 0 Å². The summed E-state index contributed by atoms with van der Waals surface area (Å²) in [5.74, 6) is -1.03. The van der Waals surface area contributed by atoms with Crippen LogP contribution >= 0.6 is 0 Å². The van der Waals surface area contributed by atoms with E-state index in [0.29, 0.717) is 11.3 Å². The topological polar surface area (TPSA) is 110 Å². The van der Waals surface area contributed by atoms with E-state index in [1.807, 2.05) is 0 Å². The number of carboxylic acids is 1. The van der Waals surface area contributed by atoms with Crippen LogP contribution in [0.25, 0.3) is 0 Å². The Morgan fingerprint density at radius 3 is 2.17 bits per heavy atom. The summed E-state index contributed by atoms with van der Waals surface area (Å²) in [6.07, 6.45) is 0. The fraction of sp³-hybridized carbons (Fsp3) is 0.417. The van der Waals surface area contributed by atoms with Gasteiger partial charge in [-0.05, 0) is 30.7 Å². The number of nitrogens with one attached hydrogen (secondary N) is 1. The Morgan fingerprint density at radius 1 is 1.22 bits per heavy atom. The highest BCUT2D eigenvalue weighted by atomic mass is 16.4. The first kappa shape index (κ1) is 14.4. The maximum atomic E-state index is 10.8. The number of aliphatic hydroxyl groups is 3. The standard InChI is InChI=1S/C12H17NO5/c1-8-4-9(11(17)18)2-3-10(8)13-12(5-14,6-15)7-16/h2-4,13-16H,5-7H2,1H3,(H,17,18). The van der Waals surface area contributed by atoms with E-state index in [-0.39, 0.29) is 5.56 Å². The molecule has 0 bridgehead atoms. The average Bonchev–Trinajstić information content (AvgIpc) is 2.38. The fourth-order valence-corrected chi connectivity index (χ4v) is 1.49. The molecule has 100 valence electrons. The van der Waals surface area contributed by atoms with Gasteiger partial charge < -0.3 is 25.7 Å². The zero-order valence-corrected chi connectivity index (χ0v) is 10.1. The van der Waals surface area contributed by atoms with Crippen LogP contribution in [0.1, 0.15) is 15.9 Å². The molecular weight excluding hydrogens is 238 g/mol. The Morgan fingerprint density at radius 2 is 1.78 bits per heavy atom. The molecule has 18 heavy (non-hydrogen) atoms. The van der Waals surface area contributed by atoms with E-state index >= 15 is 0 Å². The van der Waals surface area contributed by atoms with Crippen LogP contribution in [0.15, 0.2) is 18.2 Å². The largest absolute Gasteiger partial charge is 0.478 e. The molecule has 0 heterocycles. The third-order valence-corrected chi connectivity index (χ3v) is 2.78. The number of rotatable bonds is 6. The number of hydrogen-bond donors (Lipinski definition) is 5. The van der Waals surface area contributed by atoms with Crippen LogP contribution in [0.5, 0.6) is 0 Å². The number of carbonyl (C=O) groups is 1. The van der Waals surface area contributed by atoms with Gasteiger partial charge in [0.25, 0.3) is 0 Å². The maximum Gasteiger partial charge on any atom is 0.335 e. The van der Waals surface area contributed by atoms with Gasteiger partial charge in [-0.2, -0.15) is 0 Å². The first-order valence-corrected chi connectivity index (χ1v) is 5.43. The molecular formula is C12H17NO5. The SMILES string of the molecule is Cc1cc(C(=O)O)ccc1NC(CO)(CO)CO. The van der Waals surface area contributed by atoms with E-state index in [9.17, 15) is 20.1 Å². The van der Waals surface area contributed by atoms with Gasteiger partial charge in [0, 0.05) is 5.69 Å². The van der Waals surface area contributed by atoms with Crippen LogP contribution in [0.2, 0.25) is 0 Å². The molecule has 1 rings (SSSR count). The maximum absolute atomic E-state index is 10.8. The van der Waals surface area contributed by atoms with Crippen LogP contribution in [0.3, 0.4) is 0 Å². The van der Waals surface area contributed by atoms with E-state index in [4.69, 9.17) is 5.11 Å². The Bertz CT molecular complexity index is 420. The molecule has 1 aromatic carbocycles. The third kappa shape index (κ3) is 2.98. The predicted molar refractivity (Wildman–Crippen MR) is 65.7 cm³/mol. The van der Waals surface area contributed by atoms with E-state index in [1.54, 1.807) is 6.92 Å². The molecule has 0 saturated carbocycles. The molecule has 6 heteroatoms. The minimum Gasteiger partial charge on any atom is -0.478 e. The number of aromatic carboxylic acids is 1. The Hall–Kier alpha value is -1.63. The minimum absolute atomic E-state index is 0.153. The van der Waals surface area contributed by atoms with Gasteiger partial charge in [0.05, 0.1) is 25.4 Å². The molecule has 0 radical (unpaired) electrons. The Labute approximate surface area is 105 Å². The third-order valence-electron chi connectivity index (χ3n) is 2.78. The zero-order chi connectivity index (χ0) is 13.8. The molecule has 0 aromatic heterocycles. The summed E-state index contributed by atoms with van der Waals surface area (Å²) in [5, 5.41) is 39.2. The van der Waals surface area contributed by atoms with Gasteiger partial charge in [0.2, 0.25) is 0 Å². The van der Waals surface area contributed by atoms with Gasteiger partial charge in [-0.3, -0.25) is 0 Å². The van der Waals surface area contributed by atoms with Gasteiger partial charge in [-0.1, -0.05) is 0 Å². The Balaban J connectivity index is 3.01. The van der Waals surface area contributed by atoms with Gasteiger partial charge in [-0.25, -0.2) is 4.79 Å². The summed E-state index contributed by atoms with van der Waals surface area (Å²) in [6, 6.07) is 4.42. The highest BCUT2D eigenvalue weighted by Gasteiger charge is 2.28. The van der Waals surface area contributed by atoms with Gasteiger partial charge in [0.15, 0.2) is 0 Å². The number of hydrogen-bond acceptors (Lipinski definition) is 5. The van der Waals surface area contributed by atoms with Crippen molar-refractivity contribution in [2.75, 3.05) is 25.1 Å². The summed E-state index contributed by atoms with van der Waals surface area (Å²) in [4.78, 5) is 10.8. The van der Waals surface area contributed by atoms with Crippen molar-refractivity contribution < 1.29 is 25.2 Å². The molecule has 0 aliphatic rings. The summed E-state index contributed by atoms with van der Waals surface area (Å²) >= 11 is 0. The highest BCUT2D eigenvalue weighted by molar-refractivity contribution is 5.88. The molecule has 0 unspecified atom stereocenters. The lowest BCUT2D eigenvalue weighted by molar-refractivity contribution is 0.0696. The molecule has 0 amide bonds. The van der Waals surface area contributed by atoms with Gasteiger partial charge in [0.1, 0.15) is 5.54 Å². The number of aliphatic hydroxyl groups excluding tert-OH is 3. The fourth-order valence-electron chi connectivity index (χ4n) is 1.49. The van der Waals surface area contributed by atoms with Crippen molar-refractivity contribution in [3.05, 3.63) is 29.3 Å². The van der Waals surface area contributed by atoms with Crippen LogP contribution in [0.4, 0.5) is 5.69 Å². The van der Waals surface area contributed by atoms with Crippen molar-refractivity contribution in [1.82, 2.24) is 0 Å². The van der Waals surface area contributed by atoms with Crippen molar-refractivity contribution in [2.45, 2.75) is 12.5 Å². The zero-order valence-electron chi connectivity index (χ0n) is 10.1. The van der Waals surface area contributed by atoms with Crippen molar-refractivity contribution in [3.8, 4) is 0 Å². The molecule has 0 aliphatic carbocycles. The summed E-state index contributed by atoms with van der Waals surface area (Å²) in [5.41, 5.74) is 0.127. The van der Waals surface area contributed by atoms with Crippen LogP contribution in [-0.4, -0.2) is 51.8 Å². The monoisotopic (exact) mass is 255 g/mol. The highest BCUT2D eigenvalue weighted by Crippen LogP contribution is 2.21. The number of benzene rings is 1. The van der Waals surface area contributed by atoms with Crippen molar-refractivity contribution >= 4 is 11.7 Å². The summed E-state index contributed by atoms with van der Waals surface area (Å²) in [7, 11) is 0. The molecule has 5 N–H and O–H groups in total. The van der Waals surface area contributed by atoms with E-state index < -0.39 is 31.3 Å². The van der Waals surface area contributed by atoms with Gasteiger partial charge in [-0.15, -0.1) is 0 Å². The van der Waals surface area contributed by atoms with Crippen molar-refractivity contribution in [3.63, 3.8) is 0 Å². The van der Waals surface area contributed by atoms with Gasteiger partial charge >= 0.3 is 5.97 Å².